The number of benzene rings is 1. The normalized spacial score (nSPS) is 23.1. The number of anilines is 2. The van der Waals surface area contributed by atoms with Crippen molar-refractivity contribution < 1.29 is 4.74 Å². The minimum atomic E-state index is 0.761. The predicted molar refractivity (Wildman–Crippen MR) is 81.6 cm³/mol. The van der Waals surface area contributed by atoms with Crippen molar-refractivity contribution in [2.45, 2.75) is 39.0 Å². The molecule has 3 heteroatoms. The highest BCUT2D eigenvalue weighted by Crippen LogP contribution is 2.30. The van der Waals surface area contributed by atoms with Gasteiger partial charge in [0.15, 0.2) is 0 Å². The highest BCUT2D eigenvalue weighted by molar-refractivity contribution is 5.68. The number of rotatable bonds is 5. The van der Waals surface area contributed by atoms with Crippen molar-refractivity contribution in [3.05, 3.63) is 18.2 Å². The van der Waals surface area contributed by atoms with Crippen molar-refractivity contribution in [1.29, 1.82) is 0 Å². The first-order valence-corrected chi connectivity index (χ1v) is 7.36. The van der Waals surface area contributed by atoms with E-state index in [0.29, 0.717) is 0 Å². The molecular formula is C16H26N2O. The molecule has 0 saturated heterocycles. The fraction of sp³-hybridized carbons (Fsp3) is 0.625. The minimum Gasteiger partial charge on any atom is -0.497 e. The maximum absolute atomic E-state index is 5.99. The van der Waals surface area contributed by atoms with E-state index in [9.17, 15) is 0 Å². The second-order valence-electron chi connectivity index (χ2n) is 5.79. The molecule has 1 aliphatic carbocycles. The van der Waals surface area contributed by atoms with E-state index in [2.05, 4.69) is 12.2 Å². The van der Waals surface area contributed by atoms with Gasteiger partial charge in [-0.2, -0.15) is 0 Å². The zero-order chi connectivity index (χ0) is 13.7. The summed E-state index contributed by atoms with van der Waals surface area (Å²) in [6, 6.07) is 5.81. The molecule has 2 rings (SSSR count). The number of nitrogens with two attached hydrogens (primary N) is 1. The van der Waals surface area contributed by atoms with Gasteiger partial charge in [-0.25, -0.2) is 0 Å². The summed E-state index contributed by atoms with van der Waals surface area (Å²) < 4.78 is 5.15. The molecule has 3 nitrogen and oxygen atoms in total. The topological polar surface area (TPSA) is 47.3 Å². The summed E-state index contributed by atoms with van der Waals surface area (Å²) in [5.74, 6) is 2.63. The van der Waals surface area contributed by atoms with Crippen LogP contribution in [0.25, 0.3) is 0 Å². The zero-order valence-corrected chi connectivity index (χ0v) is 12.1. The van der Waals surface area contributed by atoms with Crippen LogP contribution < -0.4 is 15.8 Å². The Kier molecular flexibility index (Phi) is 4.94. The average molecular weight is 262 g/mol. The summed E-state index contributed by atoms with van der Waals surface area (Å²) in [5, 5.41) is 3.44. The molecule has 1 aliphatic rings. The van der Waals surface area contributed by atoms with E-state index in [-0.39, 0.29) is 0 Å². The average Bonchev–Trinajstić information content (AvgIpc) is 2.42. The van der Waals surface area contributed by atoms with Crippen LogP contribution in [0.2, 0.25) is 0 Å². The summed E-state index contributed by atoms with van der Waals surface area (Å²) >= 11 is 0. The molecule has 0 unspecified atom stereocenters. The Labute approximate surface area is 116 Å². The Morgan fingerprint density at radius 2 is 2.00 bits per heavy atom. The summed E-state index contributed by atoms with van der Waals surface area (Å²) in [7, 11) is 1.66. The Bertz CT molecular complexity index is 398. The Balaban J connectivity index is 1.76. The van der Waals surface area contributed by atoms with Crippen molar-refractivity contribution in [2.75, 3.05) is 24.7 Å². The number of hydrogen-bond donors (Lipinski definition) is 2. The van der Waals surface area contributed by atoms with Gasteiger partial charge in [0.25, 0.3) is 0 Å². The van der Waals surface area contributed by atoms with Crippen LogP contribution in [-0.2, 0) is 0 Å². The lowest BCUT2D eigenvalue weighted by atomic mass is 9.81. The molecule has 0 atom stereocenters. The Hall–Kier alpha value is -1.38. The van der Waals surface area contributed by atoms with Gasteiger partial charge in [-0.1, -0.05) is 32.6 Å². The van der Waals surface area contributed by atoms with Gasteiger partial charge in [0.2, 0.25) is 0 Å². The second-order valence-corrected chi connectivity index (χ2v) is 5.79. The van der Waals surface area contributed by atoms with Crippen molar-refractivity contribution >= 4 is 11.4 Å². The van der Waals surface area contributed by atoms with Crippen molar-refractivity contribution in [3.8, 4) is 5.75 Å². The van der Waals surface area contributed by atoms with Gasteiger partial charge in [-0.3, -0.25) is 0 Å². The third kappa shape index (κ3) is 4.05. The summed E-state index contributed by atoms with van der Waals surface area (Å²) in [6.45, 7) is 3.38. The van der Waals surface area contributed by atoms with Crippen LogP contribution in [0.3, 0.4) is 0 Å². The minimum absolute atomic E-state index is 0.761. The van der Waals surface area contributed by atoms with E-state index < -0.39 is 0 Å². The first-order valence-electron chi connectivity index (χ1n) is 7.36. The van der Waals surface area contributed by atoms with Crippen LogP contribution in [-0.4, -0.2) is 13.7 Å². The van der Waals surface area contributed by atoms with Gasteiger partial charge in [-0.15, -0.1) is 0 Å². The van der Waals surface area contributed by atoms with Crippen molar-refractivity contribution in [3.63, 3.8) is 0 Å². The quantitative estimate of drug-likeness (QED) is 0.791. The van der Waals surface area contributed by atoms with Crippen LogP contribution in [0.5, 0.6) is 5.75 Å². The van der Waals surface area contributed by atoms with Crippen LogP contribution in [0.4, 0.5) is 11.4 Å². The molecule has 0 radical (unpaired) electrons. The highest BCUT2D eigenvalue weighted by Gasteiger charge is 2.17. The molecule has 0 bridgehead atoms. The van der Waals surface area contributed by atoms with Crippen LogP contribution >= 0.6 is 0 Å². The second kappa shape index (κ2) is 6.69. The fourth-order valence-corrected chi connectivity index (χ4v) is 2.86. The number of nitrogens with one attached hydrogen (secondary N) is 1. The molecule has 1 aromatic carbocycles. The van der Waals surface area contributed by atoms with Crippen LogP contribution in [0.15, 0.2) is 18.2 Å². The monoisotopic (exact) mass is 262 g/mol. The number of hydrogen-bond acceptors (Lipinski definition) is 3. The first-order chi connectivity index (χ1) is 9.19. The van der Waals surface area contributed by atoms with Crippen molar-refractivity contribution in [2.24, 2.45) is 11.8 Å². The van der Waals surface area contributed by atoms with Crippen LogP contribution in [0, 0.1) is 11.8 Å². The Morgan fingerprint density at radius 1 is 1.26 bits per heavy atom. The number of ether oxygens (including phenoxy) is 1. The summed E-state index contributed by atoms with van der Waals surface area (Å²) in [5.41, 5.74) is 7.77. The molecule has 0 aliphatic heterocycles. The SMILES string of the molecule is COc1ccc(NCCC2CCC(C)CC2)c(N)c1. The van der Waals surface area contributed by atoms with E-state index in [1.54, 1.807) is 7.11 Å². The first kappa shape index (κ1) is 14.0. The molecule has 1 fully saturated rings. The molecule has 0 amide bonds. The van der Waals surface area contributed by atoms with Gasteiger partial charge >= 0.3 is 0 Å². The standard InChI is InChI=1S/C16H26N2O/c1-12-3-5-13(6-4-12)9-10-18-16-8-7-14(19-2)11-15(16)17/h7-8,11-13,18H,3-6,9-10,17H2,1-2H3. The lowest BCUT2D eigenvalue weighted by molar-refractivity contribution is 0.282. The van der Waals surface area contributed by atoms with E-state index in [1.807, 2.05) is 18.2 Å². The van der Waals surface area contributed by atoms with E-state index >= 15 is 0 Å². The molecule has 19 heavy (non-hydrogen) atoms. The number of nitrogen functional groups attached to an aromatic ring is 1. The van der Waals surface area contributed by atoms with Gasteiger partial charge in [0.05, 0.1) is 18.5 Å². The van der Waals surface area contributed by atoms with Crippen LogP contribution in [0.1, 0.15) is 39.0 Å². The fourth-order valence-electron chi connectivity index (χ4n) is 2.86. The van der Waals surface area contributed by atoms with E-state index in [4.69, 9.17) is 10.5 Å². The smallest absolute Gasteiger partial charge is 0.121 e. The van der Waals surface area contributed by atoms with Gasteiger partial charge < -0.3 is 15.8 Å². The molecule has 106 valence electrons. The third-order valence-electron chi connectivity index (χ3n) is 4.26. The summed E-state index contributed by atoms with van der Waals surface area (Å²) in [6.07, 6.45) is 6.82. The summed E-state index contributed by atoms with van der Waals surface area (Å²) in [4.78, 5) is 0. The molecule has 3 N–H and O–H groups in total. The van der Waals surface area contributed by atoms with E-state index in [1.165, 1.54) is 32.1 Å². The maximum Gasteiger partial charge on any atom is 0.121 e. The van der Waals surface area contributed by atoms with Gasteiger partial charge in [0.1, 0.15) is 5.75 Å². The van der Waals surface area contributed by atoms with Gasteiger partial charge in [0, 0.05) is 12.6 Å². The zero-order valence-electron chi connectivity index (χ0n) is 12.1. The lowest BCUT2D eigenvalue weighted by Gasteiger charge is -2.26. The van der Waals surface area contributed by atoms with Gasteiger partial charge in [-0.05, 0) is 30.4 Å². The molecule has 0 spiro atoms. The molecular weight excluding hydrogens is 236 g/mol. The highest BCUT2D eigenvalue weighted by atomic mass is 16.5. The number of methoxy groups -OCH3 is 1. The Morgan fingerprint density at radius 3 is 2.63 bits per heavy atom. The molecule has 0 heterocycles. The largest absolute Gasteiger partial charge is 0.497 e. The molecule has 1 aromatic rings. The maximum atomic E-state index is 5.99. The third-order valence-corrected chi connectivity index (χ3v) is 4.26. The molecule has 1 saturated carbocycles. The lowest BCUT2D eigenvalue weighted by Crippen LogP contribution is -2.16. The van der Waals surface area contributed by atoms with Crippen molar-refractivity contribution in [1.82, 2.24) is 0 Å². The van der Waals surface area contributed by atoms with E-state index in [0.717, 1.165) is 35.5 Å². The molecule has 0 aromatic heterocycles. The predicted octanol–water partition coefficient (Wildman–Crippen LogP) is 3.91.